The molecule has 0 bridgehead atoms. The van der Waals surface area contributed by atoms with Crippen LogP contribution >= 0.6 is 0 Å². The number of benzene rings is 6. The second-order valence-electron chi connectivity index (χ2n) is 14.3. The third kappa shape index (κ3) is 4.66. The summed E-state index contributed by atoms with van der Waals surface area (Å²) in [5.41, 5.74) is 12.9. The Bertz CT molecular complexity index is 3380. The SMILES string of the molecule is c1ccc(-c2nc(-c3cccc(-n4c5ccccc5c5ncccc54)c3-n3c4ccccc4c4ncccc43)cc(-n3c4ccccc4c4ccccc43)n2)cc1. The van der Waals surface area contributed by atoms with Crippen LogP contribution in [0.15, 0.2) is 188 Å². The molecule has 7 nitrogen and oxygen atoms in total. The highest BCUT2D eigenvalue weighted by atomic mass is 15.1. The van der Waals surface area contributed by atoms with E-state index in [0.29, 0.717) is 5.82 Å². The second-order valence-corrected chi connectivity index (χ2v) is 14.3. The minimum atomic E-state index is 0.645. The van der Waals surface area contributed by atoms with E-state index in [0.717, 1.165) is 88.9 Å². The average molecular weight is 730 g/mol. The van der Waals surface area contributed by atoms with Crippen LogP contribution in [-0.4, -0.2) is 33.6 Å². The zero-order valence-corrected chi connectivity index (χ0v) is 30.5. The smallest absolute Gasteiger partial charge is 0.162 e. The van der Waals surface area contributed by atoms with Crippen molar-refractivity contribution >= 4 is 65.7 Å². The molecule has 0 N–H and O–H groups in total. The van der Waals surface area contributed by atoms with Crippen molar-refractivity contribution in [3.8, 4) is 39.8 Å². The molecule has 0 aliphatic carbocycles. The van der Waals surface area contributed by atoms with Gasteiger partial charge in [0, 0.05) is 51.1 Å². The summed E-state index contributed by atoms with van der Waals surface area (Å²) in [5.74, 6) is 1.43. The predicted octanol–water partition coefficient (Wildman–Crippen LogP) is 11.9. The summed E-state index contributed by atoms with van der Waals surface area (Å²) in [5, 5.41) is 4.52. The second kappa shape index (κ2) is 12.3. The van der Waals surface area contributed by atoms with Crippen molar-refractivity contribution in [1.29, 1.82) is 0 Å². The Kier molecular flexibility index (Phi) is 6.79. The van der Waals surface area contributed by atoms with E-state index in [9.17, 15) is 0 Å². The fraction of sp³-hybridized carbons (Fsp3) is 0. The zero-order chi connectivity index (χ0) is 37.5. The maximum absolute atomic E-state index is 5.45. The van der Waals surface area contributed by atoms with Gasteiger partial charge < -0.3 is 9.13 Å². The van der Waals surface area contributed by atoms with Crippen LogP contribution < -0.4 is 0 Å². The molecule has 7 heteroatoms. The Morgan fingerprint density at radius 2 is 0.877 bits per heavy atom. The van der Waals surface area contributed by atoms with Crippen LogP contribution in [0.4, 0.5) is 0 Å². The number of hydrogen-bond acceptors (Lipinski definition) is 4. The van der Waals surface area contributed by atoms with Crippen molar-refractivity contribution in [3.05, 3.63) is 188 Å². The third-order valence-corrected chi connectivity index (χ3v) is 11.2. The number of rotatable bonds is 5. The van der Waals surface area contributed by atoms with Gasteiger partial charge in [-0.15, -0.1) is 0 Å². The Hall–Kier alpha value is -7.90. The van der Waals surface area contributed by atoms with E-state index in [4.69, 9.17) is 19.9 Å². The summed E-state index contributed by atoms with van der Waals surface area (Å²) in [6.45, 7) is 0. The molecule has 6 aromatic carbocycles. The summed E-state index contributed by atoms with van der Waals surface area (Å²) in [6.07, 6.45) is 3.75. The lowest BCUT2D eigenvalue weighted by Gasteiger charge is -2.21. The standard InChI is InChI=1S/C50H31N7/c1-2-15-32(16-3-1)50-53-38(31-46(54-50)56-39-22-8-4-17-33(39)34-18-5-9-23-40(34)56)35-21-12-26-45(55-41-24-10-6-19-36(41)47-43(55)27-13-29-51-47)49(35)57-42-25-11-7-20-37(42)48-44(57)28-14-30-52-48/h1-31H. The molecule has 266 valence electrons. The number of pyridine rings is 2. The Morgan fingerprint density at radius 1 is 0.368 bits per heavy atom. The van der Waals surface area contributed by atoms with Crippen molar-refractivity contribution in [3.63, 3.8) is 0 Å². The van der Waals surface area contributed by atoms with Gasteiger partial charge >= 0.3 is 0 Å². The van der Waals surface area contributed by atoms with E-state index in [-0.39, 0.29) is 0 Å². The van der Waals surface area contributed by atoms with Gasteiger partial charge in [0.25, 0.3) is 0 Å². The summed E-state index contributed by atoms with van der Waals surface area (Å²) >= 11 is 0. The highest BCUT2D eigenvalue weighted by Gasteiger charge is 2.25. The van der Waals surface area contributed by atoms with Gasteiger partial charge in [-0.05, 0) is 54.6 Å². The Morgan fingerprint density at radius 3 is 1.51 bits per heavy atom. The van der Waals surface area contributed by atoms with E-state index in [1.54, 1.807) is 0 Å². The summed E-state index contributed by atoms with van der Waals surface area (Å²) in [4.78, 5) is 20.6. The highest BCUT2D eigenvalue weighted by molar-refractivity contribution is 6.11. The van der Waals surface area contributed by atoms with Crippen LogP contribution in [-0.2, 0) is 0 Å². The van der Waals surface area contributed by atoms with E-state index in [1.807, 2.05) is 42.7 Å². The normalized spacial score (nSPS) is 11.9. The van der Waals surface area contributed by atoms with Gasteiger partial charge in [-0.1, -0.05) is 115 Å². The first-order valence-corrected chi connectivity index (χ1v) is 19.1. The molecule has 0 fully saturated rings. The number of aromatic nitrogens is 7. The molecule has 0 unspecified atom stereocenters. The number of fused-ring (bicyclic) bond motifs is 9. The van der Waals surface area contributed by atoms with Crippen molar-refractivity contribution in [2.75, 3.05) is 0 Å². The quantitative estimate of drug-likeness (QED) is 0.177. The molecule has 0 saturated carbocycles. The molecule has 0 aliphatic heterocycles. The summed E-state index contributed by atoms with van der Waals surface area (Å²) in [7, 11) is 0. The molecule has 0 radical (unpaired) electrons. The van der Waals surface area contributed by atoms with Crippen LogP contribution in [0.3, 0.4) is 0 Å². The van der Waals surface area contributed by atoms with Crippen molar-refractivity contribution in [2.24, 2.45) is 0 Å². The summed E-state index contributed by atoms with van der Waals surface area (Å²) in [6, 6.07) is 61.5. The van der Waals surface area contributed by atoms with Crippen LogP contribution in [0.1, 0.15) is 0 Å². The van der Waals surface area contributed by atoms with Crippen molar-refractivity contribution in [2.45, 2.75) is 0 Å². The molecular formula is C50H31N7. The molecular weight excluding hydrogens is 699 g/mol. The average Bonchev–Trinajstić information content (AvgIpc) is 3.92. The predicted molar refractivity (Wildman–Crippen MR) is 232 cm³/mol. The van der Waals surface area contributed by atoms with Crippen LogP contribution in [0, 0.1) is 0 Å². The van der Waals surface area contributed by atoms with Gasteiger partial charge in [0.15, 0.2) is 5.82 Å². The zero-order valence-electron chi connectivity index (χ0n) is 30.5. The van der Waals surface area contributed by atoms with Gasteiger partial charge in [0.05, 0.1) is 61.2 Å². The number of hydrogen-bond donors (Lipinski definition) is 0. The topological polar surface area (TPSA) is 66.3 Å². The molecule has 0 amide bonds. The Balaban J connectivity index is 1.25. The first-order chi connectivity index (χ1) is 28.3. The minimum Gasteiger partial charge on any atom is -0.305 e. The van der Waals surface area contributed by atoms with E-state index in [1.165, 1.54) is 10.8 Å². The van der Waals surface area contributed by atoms with Gasteiger partial charge in [-0.3, -0.25) is 14.5 Å². The lowest BCUT2D eigenvalue weighted by atomic mass is 10.1. The Labute approximate surface area is 326 Å². The maximum Gasteiger partial charge on any atom is 0.162 e. The molecule has 0 aliphatic rings. The first kappa shape index (κ1) is 31.5. The fourth-order valence-corrected chi connectivity index (χ4v) is 8.79. The van der Waals surface area contributed by atoms with Crippen LogP contribution in [0.5, 0.6) is 0 Å². The lowest BCUT2D eigenvalue weighted by Crippen LogP contribution is -2.07. The molecule has 6 heterocycles. The van der Waals surface area contributed by atoms with Crippen LogP contribution in [0.25, 0.3) is 106 Å². The lowest BCUT2D eigenvalue weighted by molar-refractivity contribution is 1.04. The first-order valence-electron chi connectivity index (χ1n) is 19.1. The van der Waals surface area contributed by atoms with Crippen LogP contribution in [0.2, 0.25) is 0 Å². The van der Waals surface area contributed by atoms with Crippen molar-refractivity contribution < 1.29 is 0 Å². The minimum absolute atomic E-state index is 0.645. The number of nitrogens with zero attached hydrogens (tertiary/aromatic N) is 7. The number of para-hydroxylation sites is 5. The summed E-state index contributed by atoms with van der Waals surface area (Å²) < 4.78 is 6.99. The fourth-order valence-electron chi connectivity index (χ4n) is 8.79. The molecule has 12 aromatic rings. The van der Waals surface area contributed by atoms with Gasteiger partial charge in [-0.25, -0.2) is 9.97 Å². The monoisotopic (exact) mass is 729 g/mol. The van der Waals surface area contributed by atoms with Gasteiger partial charge in [-0.2, -0.15) is 0 Å². The molecule has 12 rings (SSSR count). The molecule has 57 heavy (non-hydrogen) atoms. The van der Waals surface area contributed by atoms with Gasteiger partial charge in [0.2, 0.25) is 0 Å². The van der Waals surface area contributed by atoms with Crippen molar-refractivity contribution in [1.82, 2.24) is 33.6 Å². The van der Waals surface area contributed by atoms with E-state index < -0.39 is 0 Å². The maximum atomic E-state index is 5.45. The highest BCUT2D eigenvalue weighted by Crippen LogP contribution is 2.42. The third-order valence-electron chi connectivity index (χ3n) is 11.2. The molecule has 0 atom stereocenters. The molecule has 0 saturated heterocycles. The van der Waals surface area contributed by atoms with Gasteiger partial charge in [0.1, 0.15) is 5.82 Å². The molecule has 6 aromatic heterocycles. The largest absolute Gasteiger partial charge is 0.305 e. The van der Waals surface area contributed by atoms with E-state index >= 15 is 0 Å². The molecule has 0 spiro atoms. The van der Waals surface area contributed by atoms with E-state index in [2.05, 4.69) is 159 Å².